The van der Waals surface area contributed by atoms with Gasteiger partial charge in [0.05, 0.1) is 10.5 Å². The maximum Gasteiger partial charge on any atom is 0.137 e. The van der Waals surface area contributed by atoms with Crippen LogP contribution in [0, 0.1) is 18.2 Å². The molecule has 0 radical (unpaired) electrons. The first-order valence-electron chi connectivity index (χ1n) is 5.99. The molecule has 2 unspecified atom stereocenters. The van der Waals surface area contributed by atoms with Crippen molar-refractivity contribution in [1.29, 1.82) is 0 Å². The van der Waals surface area contributed by atoms with E-state index in [1.807, 2.05) is 0 Å². The minimum absolute atomic E-state index is 0.00706. The van der Waals surface area contributed by atoms with E-state index in [1.165, 1.54) is 6.07 Å². The highest BCUT2D eigenvalue weighted by atomic mass is 79.9. The SMILES string of the molecule is C#CC(CCC)NC(CN)c1ccc(F)c(Br)c1. The van der Waals surface area contributed by atoms with Crippen molar-refractivity contribution >= 4 is 15.9 Å². The molecule has 98 valence electrons. The van der Waals surface area contributed by atoms with Crippen molar-refractivity contribution in [2.45, 2.75) is 31.8 Å². The molecule has 0 bridgehead atoms. The van der Waals surface area contributed by atoms with E-state index in [9.17, 15) is 4.39 Å². The summed E-state index contributed by atoms with van der Waals surface area (Å²) in [5.74, 6) is 2.43. The fraction of sp³-hybridized carbons (Fsp3) is 0.429. The van der Waals surface area contributed by atoms with Crippen molar-refractivity contribution in [2.75, 3.05) is 6.54 Å². The topological polar surface area (TPSA) is 38.0 Å². The van der Waals surface area contributed by atoms with E-state index in [-0.39, 0.29) is 17.9 Å². The smallest absolute Gasteiger partial charge is 0.137 e. The number of halogens is 2. The fourth-order valence-corrected chi connectivity index (χ4v) is 2.17. The van der Waals surface area contributed by atoms with Gasteiger partial charge >= 0.3 is 0 Å². The number of nitrogens with two attached hydrogens (primary N) is 1. The molecule has 1 aromatic rings. The zero-order valence-corrected chi connectivity index (χ0v) is 12.0. The van der Waals surface area contributed by atoms with Crippen LogP contribution in [0.3, 0.4) is 0 Å². The van der Waals surface area contributed by atoms with Gasteiger partial charge in [0.25, 0.3) is 0 Å². The molecule has 2 atom stereocenters. The van der Waals surface area contributed by atoms with Crippen LogP contribution < -0.4 is 11.1 Å². The van der Waals surface area contributed by atoms with Crippen molar-refractivity contribution in [3.63, 3.8) is 0 Å². The molecule has 0 aliphatic heterocycles. The van der Waals surface area contributed by atoms with Gasteiger partial charge in [-0.05, 0) is 40.0 Å². The molecule has 0 aliphatic rings. The highest BCUT2D eigenvalue weighted by Crippen LogP contribution is 2.21. The lowest BCUT2D eigenvalue weighted by molar-refractivity contribution is 0.474. The Hall–Kier alpha value is -0.890. The number of nitrogens with one attached hydrogen (secondary N) is 1. The van der Waals surface area contributed by atoms with Crippen LogP contribution in [0.5, 0.6) is 0 Å². The Morgan fingerprint density at radius 1 is 1.56 bits per heavy atom. The van der Waals surface area contributed by atoms with Gasteiger partial charge in [-0.2, -0.15) is 0 Å². The van der Waals surface area contributed by atoms with Crippen LogP contribution >= 0.6 is 15.9 Å². The number of hydrogen-bond donors (Lipinski definition) is 2. The summed E-state index contributed by atoms with van der Waals surface area (Å²) in [6.45, 7) is 2.50. The average molecular weight is 313 g/mol. The average Bonchev–Trinajstić information content (AvgIpc) is 2.38. The molecule has 1 rings (SSSR count). The lowest BCUT2D eigenvalue weighted by Gasteiger charge is -2.22. The van der Waals surface area contributed by atoms with Gasteiger partial charge in [0.2, 0.25) is 0 Å². The third kappa shape index (κ3) is 4.09. The van der Waals surface area contributed by atoms with Gasteiger partial charge in [0, 0.05) is 12.6 Å². The summed E-state index contributed by atoms with van der Waals surface area (Å²) in [4.78, 5) is 0. The summed E-state index contributed by atoms with van der Waals surface area (Å²) in [7, 11) is 0. The normalized spacial score (nSPS) is 13.9. The van der Waals surface area contributed by atoms with Crippen molar-refractivity contribution in [1.82, 2.24) is 5.32 Å². The van der Waals surface area contributed by atoms with Crippen LogP contribution in [0.1, 0.15) is 31.4 Å². The molecule has 3 N–H and O–H groups in total. The fourth-order valence-electron chi connectivity index (χ4n) is 1.78. The van der Waals surface area contributed by atoms with Gasteiger partial charge in [0.1, 0.15) is 5.82 Å². The molecule has 0 saturated carbocycles. The Bertz CT molecular complexity index is 428. The van der Waals surface area contributed by atoms with E-state index < -0.39 is 0 Å². The summed E-state index contributed by atoms with van der Waals surface area (Å²) < 4.78 is 13.6. The van der Waals surface area contributed by atoms with Gasteiger partial charge in [-0.3, -0.25) is 5.32 Å². The molecular formula is C14H18BrFN2. The molecule has 18 heavy (non-hydrogen) atoms. The van der Waals surface area contributed by atoms with Crippen LogP contribution in [-0.4, -0.2) is 12.6 Å². The van der Waals surface area contributed by atoms with Gasteiger partial charge in [-0.1, -0.05) is 25.3 Å². The second-order valence-electron chi connectivity index (χ2n) is 4.14. The quantitative estimate of drug-likeness (QED) is 0.793. The standard InChI is InChI=1S/C14H18BrFN2/c1-3-5-11(4-2)18-14(9-17)10-6-7-13(16)12(15)8-10/h2,6-8,11,14,18H,3,5,9,17H2,1H3. The molecule has 0 heterocycles. The first-order valence-corrected chi connectivity index (χ1v) is 6.78. The number of benzene rings is 1. The van der Waals surface area contributed by atoms with Crippen molar-refractivity contribution in [2.24, 2.45) is 5.73 Å². The van der Waals surface area contributed by atoms with Crippen LogP contribution in [0.4, 0.5) is 4.39 Å². The Morgan fingerprint density at radius 3 is 2.78 bits per heavy atom. The molecule has 4 heteroatoms. The predicted molar refractivity (Wildman–Crippen MR) is 76.6 cm³/mol. The molecule has 0 aromatic heterocycles. The van der Waals surface area contributed by atoms with E-state index in [4.69, 9.17) is 12.2 Å². The monoisotopic (exact) mass is 312 g/mol. The molecular weight excluding hydrogens is 295 g/mol. The Labute approximate surface area is 116 Å². The Balaban J connectivity index is 2.82. The van der Waals surface area contributed by atoms with E-state index in [2.05, 4.69) is 34.1 Å². The number of terminal acetylenes is 1. The van der Waals surface area contributed by atoms with Crippen molar-refractivity contribution in [3.05, 3.63) is 34.1 Å². The number of rotatable bonds is 6. The second kappa shape index (κ2) is 7.52. The second-order valence-corrected chi connectivity index (χ2v) is 4.99. The zero-order chi connectivity index (χ0) is 13.5. The Kier molecular flexibility index (Phi) is 6.34. The molecule has 2 nitrogen and oxygen atoms in total. The Morgan fingerprint density at radius 2 is 2.28 bits per heavy atom. The van der Waals surface area contributed by atoms with Crippen LogP contribution in [-0.2, 0) is 0 Å². The van der Waals surface area contributed by atoms with Crippen LogP contribution in [0.25, 0.3) is 0 Å². The molecule has 0 saturated heterocycles. The van der Waals surface area contributed by atoms with Gasteiger partial charge in [-0.25, -0.2) is 4.39 Å². The summed E-state index contributed by atoms with van der Waals surface area (Å²) in [6, 6.07) is 4.82. The van der Waals surface area contributed by atoms with E-state index in [0.29, 0.717) is 11.0 Å². The minimum atomic E-state index is -0.281. The van der Waals surface area contributed by atoms with Gasteiger partial charge in [-0.15, -0.1) is 6.42 Å². The minimum Gasteiger partial charge on any atom is -0.329 e. The molecule has 0 amide bonds. The maximum atomic E-state index is 13.2. The third-order valence-corrected chi connectivity index (χ3v) is 3.37. The first-order chi connectivity index (χ1) is 8.62. The molecule has 1 aromatic carbocycles. The highest BCUT2D eigenvalue weighted by molar-refractivity contribution is 9.10. The molecule has 0 spiro atoms. The molecule has 0 aliphatic carbocycles. The van der Waals surface area contributed by atoms with Gasteiger partial charge < -0.3 is 5.73 Å². The first kappa shape index (κ1) is 15.2. The summed E-state index contributed by atoms with van der Waals surface area (Å²) >= 11 is 3.17. The molecule has 0 fully saturated rings. The van der Waals surface area contributed by atoms with Crippen molar-refractivity contribution < 1.29 is 4.39 Å². The zero-order valence-electron chi connectivity index (χ0n) is 10.4. The lowest BCUT2D eigenvalue weighted by atomic mass is 10.0. The van der Waals surface area contributed by atoms with Gasteiger partial charge in [0.15, 0.2) is 0 Å². The largest absolute Gasteiger partial charge is 0.329 e. The predicted octanol–water partition coefficient (Wildman–Crippen LogP) is 2.98. The number of hydrogen-bond acceptors (Lipinski definition) is 2. The van der Waals surface area contributed by atoms with Crippen LogP contribution in [0.2, 0.25) is 0 Å². The van der Waals surface area contributed by atoms with E-state index >= 15 is 0 Å². The summed E-state index contributed by atoms with van der Waals surface area (Å²) in [5, 5.41) is 3.31. The lowest BCUT2D eigenvalue weighted by Crippen LogP contribution is -2.35. The van der Waals surface area contributed by atoms with E-state index in [0.717, 1.165) is 18.4 Å². The summed E-state index contributed by atoms with van der Waals surface area (Å²) in [5.41, 5.74) is 6.68. The van der Waals surface area contributed by atoms with Crippen LogP contribution in [0.15, 0.2) is 22.7 Å². The third-order valence-electron chi connectivity index (χ3n) is 2.76. The highest BCUT2D eigenvalue weighted by Gasteiger charge is 2.14. The van der Waals surface area contributed by atoms with E-state index in [1.54, 1.807) is 12.1 Å². The maximum absolute atomic E-state index is 13.2. The van der Waals surface area contributed by atoms with Crippen molar-refractivity contribution in [3.8, 4) is 12.3 Å². The summed E-state index contributed by atoms with van der Waals surface area (Å²) in [6.07, 6.45) is 7.38.